The van der Waals surface area contributed by atoms with E-state index in [1.807, 2.05) is 37.5 Å². The van der Waals surface area contributed by atoms with Crippen molar-refractivity contribution in [3.63, 3.8) is 0 Å². The van der Waals surface area contributed by atoms with Gasteiger partial charge >= 0.3 is 5.97 Å². The largest absolute Gasteiger partial charge is 0.463 e. The molecule has 4 heteroatoms. The van der Waals surface area contributed by atoms with Crippen LogP contribution in [0.1, 0.15) is 20.3 Å². The Labute approximate surface area is 100 Å². The van der Waals surface area contributed by atoms with Gasteiger partial charge in [0.05, 0.1) is 17.4 Å². The number of imidazole rings is 1. The fourth-order valence-corrected chi connectivity index (χ4v) is 1.85. The number of aryl methyl sites for hydroxylation is 1. The molecule has 17 heavy (non-hydrogen) atoms. The van der Waals surface area contributed by atoms with Crippen LogP contribution < -0.4 is 0 Å². The molecule has 1 aromatic heterocycles. The van der Waals surface area contributed by atoms with Gasteiger partial charge in [0.2, 0.25) is 0 Å². The molecular weight excluding hydrogens is 216 g/mol. The van der Waals surface area contributed by atoms with E-state index in [0.29, 0.717) is 0 Å². The van der Waals surface area contributed by atoms with Crippen LogP contribution in [0.4, 0.5) is 0 Å². The third-order valence-corrected chi connectivity index (χ3v) is 2.67. The maximum atomic E-state index is 10.8. The molecule has 1 unspecified atom stereocenters. The van der Waals surface area contributed by atoms with E-state index in [4.69, 9.17) is 4.74 Å². The molecule has 1 atom stereocenters. The first-order valence-electron chi connectivity index (χ1n) is 5.74. The van der Waals surface area contributed by atoms with Crippen molar-refractivity contribution in [1.29, 1.82) is 0 Å². The summed E-state index contributed by atoms with van der Waals surface area (Å²) in [6.45, 7) is 4.14. The van der Waals surface area contributed by atoms with Gasteiger partial charge in [0.15, 0.2) is 0 Å². The Morgan fingerprint density at radius 1 is 1.47 bits per heavy atom. The van der Waals surface area contributed by atoms with Gasteiger partial charge in [-0.05, 0) is 19.1 Å². The second-order valence-corrected chi connectivity index (χ2v) is 4.14. The molecule has 0 radical (unpaired) electrons. The monoisotopic (exact) mass is 232 g/mol. The molecule has 1 heterocycles. The van der Waals surface area contributed by atoms with Crippen LogP contribution in [0.2, 0.25) is 0 Å². The minimum Gasteiger partial charge on any atom is -0.463 e. The SMILES string of the molecule is CC(=O)OC(C)CCn1cnc2ccccc21. The van der Waals surface area contributed by atoms with Gasteiger partial charge < -0.3 is 9.30 Å². The Bertz CT molecular complexity index is 519. The molecule has 0 saturated heterocycles. The predicted octanol–water partition coefficient (Wildman–Crippen LogP) is 2.38. The predicted molar refractivity (Wildman–Crippen MR) is 65.6 cm³/mol. The Morgan fingerprint density at radius 2 is 2.24 bits per heavy atom. The van der Waals surface area contributed by atoms with Crippen molar-refractivity contribution in [2.75, 3.05) is 0 Å². The molecule has 1 aromatic carbocycles. The summed E-state index contributed by atoms with van der Waals surface area (Å²) in [5.41, 5.74) is 2.11. The molecule has 0 N–H and O–H groups in total. The molecular formula is C13H16N2O2. The summed E-state index contributed by atoms with van der Waals surface area (Å²) in [6, 6.07) is 8.00. The summed E-state index contributed by atoms with van der Waals surface area (Å²) < 4.78 is 7.17. The van der Waals surface area contributed by atoms with E-state index in [1.54, 1.807) is 0 Å². The van der Waals surface area contributed by atoms with E-state index in [0.717, 1.165) is 24.0 Å². The van der Waals surface area contributed by atoms with Crippen molar-refractivity contribution >= 4 is 17.0 Å². The first-order chi connectivity index (χ1) is 8.16. The zero-order valence-corrected chi connectivity index (χ0v) is 10.1. The van der Waals surface area contributed by atoms with Gasteiger partial charge in [0.1, 0.15) is 6.10 Å². The summed E-state index contributed by atoms with van der Waals surface area (Å²) in [7, 11) is 0. The number of benzene rings is 1. The van der Waals surface area contributed by atoms with Crippen molar-refractivity contribution < 1.29 is 9.53 Å². The lowest BCUT2D eigenvalue weighted by atomic mass is 10.2. The first-order valence-corrected chi connectivity index (χ1v) is 5.74. The van der Waals surface area contributed by atoms with Crippen LogP contribution in [-0.4, -0.2) is 21.6 Å². The summed E-state index contributed by atoms with van der Waals surface area (Å²) in [5, 5.41) is 0. The molecule has 0 aliphatic rings. The van der Waals surface area contributed by atoms with Crippen LogP contribution in [0.3, 0.4) is 0 Å². The van der Waals surface area contributed by atoms with Crippen LogP contribution in [0.15, 0.2) is 30.6 Å². The standard InChI is InChI=1S/C13H16N2O2/c1-10(17-11(2)16)7-8-15-9-14-12-5-3-4-6-13(12)15/h3-6,9-10H,7-8H2,1-2H3. The lowest BCUT2D eigenvalue weighted by molar-refractivity contribution is -0.145. The number of carbonyl (C=O) groups is 1. The molecule has 0 aliphatic heterocycles. The number of ether oxygens (including phenoxy) is 1. The highest BCUT2D eigenvalue weighted by Crippen LogP contribution is 2.13. The smallest absolute Gasteiger partial charge is 0.302 e. The quantitative estimate of drug-likeness (QED) is 0.760. The minimum atomic E-state index is -0.229. The third kappa shape index (κ3) is 2.84. The van der Waals surface area contributed by atoms with Crippen LogP contribution in [0, 0.1) is 0 Å². The van der Waals surface area contributed by atoms with E-state index in [2.05, 4.69) is 9.55 Å². The van der Waals surface area contributed by atoms with Gasteiger partial charge in [-0.3, -0.25) is 4.79 Å². The molecule has 2 aromatic rings. The fraction of sp³-hybridized carbons (Fsp3) is 0.385. The Morgan fingerprint density at radius 3 is 3.00 bits per heavy atom. The van der Waals surface area contributed by atoms with Crippen molar-refractivity contribution in [3.8, 4) is 0 Å². The summed E-state index contributed by atoms with van der Waals surface area (Å²) >= 11 is 0. The topological polar surface area (TPSA) is 44.1 Å². The molecule has 0 spiro atoms. The zero-order chi connectivity index (χ0) is 12.3. The average Bonchev–Trinajstić information content (AvgIpc) is 2.69. The van der Waals surface area contributed by atoms with Gasteiger partial charge in [-0.25, -0.2) is 4.98 Å². The number of carbonyl (C=O) groups excluding carboxylic acids is 1. The van der Waals surface area contributed by atoms with Gasteiger partial charge in [0.25, 0.3) is 0 Å². The highest BCUT2D eigenvalue weighted by atomic mass is 16.5. The number of para-hydroxylation sites is 2. The van der Waals surface area contributed by atoms with Crippen LogP contribution >= 0.6 is 0 Å². The van der Waals surface area contributed by atoms with Crippen molar-refractivity contribution in [2.24, 2.45) is 0 Å². The second-order valence-electron chi connectivity index (χ2n) is 4.14. The molecule has 2 rings (SSSR count). The van der Waals surface area contributed by atoms with Crippen molar-refractivity contribution in [1.82, 2.24) is 9.55 Å². The maximum absolute atomic E-state index is 10.8. The van der Waals surface area contributed by atoms with Gasteiger partial charge in [0, 0.05) is 19.9 Å². The summed E-state index contributed by atoms with van der Waals surface area (Å²) in [4.78, 5) is 15.1. The number of fused-ring (bicyclic) bond motifs is 1. The Balaban J connectivity index is 2.02. The van der Waals surface area contributed by atoms with E-state index < -0.39 is 0 Å². The molecule has 0 bridgehead atoms. The second kappa shape index (κ2) is 4.99. The fourth-order valence-electron chi connectivity index (χ4n) is 1.85. The van der Waals surface area contributed by atoms with Gasteiger partial charge in [-0.1, -0.05) is 12.1 Å². The molecule has 0 fully saturated rings. The van der Waals surface area contributed by atoms with Gasteiger partial charge in [-0.15, -0.1) is 0 Å². The minimum absolute atomic E-state index is 0.0614. The summed E-state index contributed by atoms with van der Waals surface area (Å²) in [6.07, 6.45) is 2.55. The lowest BCUT2D eigenvalue weighted by Gasteiger charge is -2.12. The van der Waals surface area contributed by atoms with Crippen LogP contribution in [0.5, 0.6) is 0 Å². The number of hydrogen-bond acceptors (Lipinski definition) is 3. The number of esters is 1. The molecule has 4 nitrogen and oxygen atoms in total. The number of hydrogen-bond donors (Lipinski definition) is 0. The number of nitrogens with zero attached hydrogens (tertiary/aromatic N) is 2. The van der Waals surface area contributed by atoms with Crippen LogP contribution in [0.25, 0.3) is 11.0 Å². The zero-order valence-electron chi connectivity index (χ0n) is 10.1. The van der Waals surface area contributed by atoms with E-state index >= 15 is 0 Å². The Hall–Kier alpha value is -1.84. The highest BCUT2D eigenvalue weighted by Gasteiger charge is 2.07. The average molecular weight is 232 g/mol. The normalized spacial score (nSPS) is 12.6. The highest BCUT2D eigenvalue weighted by molar-refractivity contribution is 5.74. The molecule has 0 saturated carbocycles. The first kappa shape index (κ1) is 11.6. The van der Waals surface area contributed by atoms with Crippen molar-refractivity contribution in [3.05, 3.63) is 30.6 Å². The van der Waals surface area contributed by atoms with E-state index in [1.165, 1.54) is 6.92 Å². The Kier molecular flexibility index (Phi) is 3.42. The molecule has 0 amide bonds. The van der Waals surface area contributed by atoms with E-state index in [-0.39, 0.29) is 12.1 Å². The molecule has 90 valence electrons. The van der Waals surface area contributed by atoms with Crippen LogP contribution in [-0.2, 0) is 16.1 Å². The van der Waals surface area contributed by atoms with Crippen molar-refractivity contribution in [2.45, 2.75) is 32.9 Å². The van der Waals surface area contributed by atoms with Gasteiger partial charge in [-0.2, -0.15) is 0 Å². The maximum Gasteiger partial charge on any atom is 0.302 e. The summed E-state index contributed by atoms with van der Waals surface area (Å²) in [5.74, 6) is -0.229. The third-order valence-electron chi connectivity index (χ3n) is 2.67. The lowest BCUT2D eigenvalue weighted by Crippen LogP contribution is -2.14. The molecule has 0 aliphatic carbocycles. The van der Waals surface area contributed by atoms with E-state index in [9.17, 15) is 4.79 Å². The number of rotatable bonds is 4. The number of aromatic nitrogens is 2.